The van der Waals surface area contributed by atoms with Crippen LogP contribution < -0.4 is 16.5 Å². The van der Waals surface area contributed by atoms with Crippen LogP contribution in [0.15, 0.2) is 68.6 Å². The number of aromatic nitrogens is 1. The summed E-state index contributed by atoms with van der Waals surface area (Å²) in [6.07, 6.45) is -0.635. The van der Waals surface area contributed by atoms with Crippen LogP contribution in [-0.4, -0.2) is 23.7 Å². The predicted molar refractivity (Wildman–Crippen MR) is 117 cm³/mol. The van der Waals surface area contributed by atoms with Gasteiger partial charge in [0.05, 0.1) is 12.2 Å². The number of nitrogens with one attached hydrogen (secondary N) is 2. The van der Waals surface area contributed by atoms with Gasteiger partial charge in [0.2, 0.25) is 5.56 Å². The number of H-pyrrole nitrogens is 1. The molecule has 9 nitrogen and oxygen atoms in total. The maximum atomic E-state index is 12.7. The number of esters is 1. The van der Waals surface area contributed by atoms with Gasteiger partial charge in [-0.1, -0.05) is 18.2 Å². The lowest BCUT2D eigenvalue weighted by molar-refractivity contribution is 0.0476. The van der Waals surface area contributed by atoms with Gasteiger partial charge in [-0.15, -0.1) is 0 Å². The third-order valence-corrected chi connectivity index (χ3v) is 4.68. The first-order valence-corrected chi connectivity index (χ1v) is 9.74. The van der Waals surface area contributed by atoms with Crippen LogP contribution in [0.1, 0.15) is 22.8 Å². The molecule has 9 heteroatoms. The minimum Gasteiger partial charge on any atom is -0.457 e. The summed E-state index contributed by atoms with van der Waals surface area (Å²) >= 11 is 0. The normalized spacial score (nSPS) is 10.8. The van der Waals surface area contributed by atoms with Gasteiger partial charge in [-0.2, -0.15) is 0 Å². The van der Waals surface area contributed by atoms with Gasteiger partial charge in [0.1, 0.15) is 12.2 Å². The second kappa shape index (κ2) is 8.76. The standard InChI is InChI=1S/C23H18N2O7/c1-2-30-23(29)24-14-7-8-15-13(9-21(27)32-19(15)10-14)12-31-22(28)17-11-20(26)25-18-6-4-3-5-16(17)18/h3-11H,2,12H2,1H3,(H,24,29)(H,25,26). The summed E-state index contributed by atoms with van der Waals surface area (Å²) < 4.78 is 15.4. The highest BCUT2D eigenvalue weighted by atomic mass is 16.5. The molecule has 0 fully saturated rings. The molecule has 0 aliphatic heterocycles. The van der Waals surface area contributed by atoms with Crippen LogP contribution >= 0.6 is 0 Å². The van der Waals surface area contributed by atoms with Gasteiger partial charge in [0, 0.05) is 45.7 Å². The number of amides is 1. The quantitative estimate of drug-likeness (QED) is 0.363. The first kappa shape index (κ1) is 20.9. The molecule has 0 radical (unpaired) electrons. The average molecular weight is 434 g/mol. The molecule has 0 saturated heterocycles. The molecular weight excluding hydrogens is 416 g/mol. The van der Waals surface area contributed by atoms with Crippen molar-refractivity contribution in [3.63, 3.8) is 0 Å². The van der Waals surface area contributed by atoms with Crippen molar-refractivity contribution in [2.45, 2.75) is 13.5 Å². The lowest BCUT2D eigenvalue weighted by Gasteiger charge is -2.10. The molecule has 1 amide bonds. The van der Waals surface area contributed by atoms with Gasteiger partial charge >= 0.3 is 17.7 Å². The number of pyridine rings is 1. The smallest absolute Gasteiger partial charge is 0.411 e. The Kier molecular flexibility index (Phi) is 5.71. The van der Waals surface area contributed by atoms with Crippen molar-refractivity contribution in [3.8, 4) is 0 Å². The van der Waals surface area contributed by atoms with E-state index in [0.717, 1.165) is 0 Å². The number of anilines is 1. The SMILES string of the molecule is CCOC(=O)Nc1ccc2c(COC(=O)c3cc(=O)[nH]c4ccccc34)cc(=O)oc2c1. The number of benzene rings is 2. The molecule has 0 aliphatic carbocycles. The van der Waals surface area contributed by atoms with E-state index in [1.54, 1.807) is 43.3 Å². The zero-order valence-corrected chi connectivity index (χ0v) is 17.0. The lowest BCUT2D eigenvalue weighted by Crippen LogP contribution is -2.14. The molecule has 32 heavy (non-hydrogen) atoms. The highest BCUT2D eigenvalue weighted by molar-refractivity contribution is 6.03. The number of ether oxygens (including phenoxy) is 2. The number of aromatic amines is 1. The first-order valence-electron chi connectivity index (χ1n) is 9.74. The van der Waals surface area contributed by atoms with Crippen molar-refractivity contribution >= 4 is 39.6 Å². The Bertz CT molecular complexity index is 1450. The number of fused-ring (bicyclic) bond motifs is 2. The van der Waals surface area contributed by atoms with E-state index >= 15 is 0 Å². The largest absolute Gasteiger partial charge is 0.457 e. The average Bonchev–Trinajstić information content (AvgIpc) is 2.76. The Hall–Kier alpha value is -4.40. The lowest BCUT2D eigenvalue weighted by atomic mass is 10.1. The van der Waals surface area contributed by atoms with Crippen molar-refractivity contribution in [1.82, 2.24) is 4.98 Å². The molecule has 0 atom stereocenters. The van der Waals surface area contributed by atoms with Crippen LogP contribution in [0, 0.1) is 0 Å². The molecule has 0 spiro atoms. The highest BCUT2D eigenvalue weighted by Crippen LogP contribution is 2.23. The van der Waals surface area contributed by atoms with Gasteiger partial charge in [-0.3, -0.25) is 10.1 Å². The van der Waals surface area contributed by atoms with Crippen molar-refractivity contribution in [1.29, 1.82) is 0 Å². The summed E-state index contributed by atoms with van der Waals surface area (Å²) in [5.41, 5.74) is 0.572. The molecule has 0 unspecified atom stereocenters. The predicted octanol–water partition coefficient (Wildman–Crippen LogP) is 3.56. The van der Waals surface area contributed by atoms with Gasteiger partial charge in [0.25, 0.3) is 0 Å². The Morgan fingerprint density at radius 1 is 1.00 bits per heavy atom. The molecule has 0 bridgehead atoms. The molecule has 0 saturated carbocycles. The zero-order chi connectivity index (χ0) is 22.7. The monoisotopic (exact) mass is 434 g/mol. The number of carbonyl (C=O) groups excluding carboxylic acids is 2. The Balaban J connectivity index is 1.61. The van der Waals surface area contributed by atoms with E-state index in [1.807, 2.05) is 0 Å². The first-order chi connectivity index (χ1) is 15.4. The third-order valence-electron chi connectivity index (χ3n) is 4.68. The molecule has 2 N–H and O–H groups in total. The van der Waals surface area contributed by atoms with Crippen molar-refractivity contribution in [2.75, 3.05) is 11.9 Å². The second-order valence-electron chi connectivity index (χ2n) is 6.82. The van der Waals surface area contributed by atoms with E-state index in [1.165, 1.54) is 18.2 Å². The summed E-state index contributed by atoms with van der Waals surface area (Å²) in [5, 5.41) is 3.60. The van der Waals surface area contributed by atoms with Crippen LogP contribution in [-0.2, 0) is 16.1 Å². The fourth-order valence-corrected chi connectivity index (χ4v) is 3.31. The Morgan fingerprint density at radius 3 is 2.62 bits per heavy atom. The molecule has 2 aromatic heterocycles. The van der Waals surface area contributed by atoms with Crippen LogP contribution in [0.4, 0.5) is 10.5 Å². The summed E-state index contributed by atoms with van der Waals surface area (Å²) in [6, 6.07) is 14.0. The Morgan fingerprint density at radius 2 is 1.81 bits per heavy atom. The van der Waals surface area contributed by atoms with Crippen LogP contribution in [0.3, 0.4) is 0 Å². The van der Waals surface area contributed by atoms with Gasteiger partial charge in [0.15, 0.2) is 0 Å². The molecule has 162 valence electrons. The number of carbonyl (C=O) groups is 2. The fourth-order valence-electron chi connectivity index (χ4n) is 3.31. The van der Waals surface area contributed by atoms with E-state index < -0.39 is 23.2 Å². The van der Waals surface area contributed by atoms with E-state index in [4.69, 9.17) is 13.9 Å². The second-order valence-corrected chi connectivity index (χ2v) is 6.82. The van der Waals surface area contributed by atoms with E-state index in [2.05, 4.69) is 10.3 Å². The number of rotatable bonds is 5. The summed E-state index contributed by atoms with van der Waals surface area (Å²) in [7, 11) is 0. The van der Waals surface area contributed by atoms with Crippen molar-refractivity contribution < 1.29 is 23.5 Å². The van der Waals surface area contributed by atoms with Gasteiger partial charge in [-0.05, 0) is 25.1 Å². The van der Waals surface area contributed by atoms with Crippen LogP contribution in [0.2, 0.25) is 0 Å². The topological polar surface area (TPSA) is 128 Å². The molecular formula is C23H18N2O7. The zero-order valence-electron chi connectivity index (χ0n) is 17.0. The Labute approximate surface area is 180 Å². The highest BCUT2D eigenvalue weighted by Gasteiger charge is 2.15. The summed E-state index contributed by atoms with van der Waals surface area (Å²) in [4.78, 5) is 50.9. The third kappa shape index (κ3) is 4.36. The van der Waals surface area contributed by atoms with E-state index in [0.29, 0.717) is 27.5 Å². The van der Waals surface area contributed by atoms with Gasteiger partial charge < -0.3 is 18.9 Å². The maximum Gasteiger partial charge on any atom is 0.411 e. The van der Waals surface area contributed by atoms with Crippen molar-refractivity contribution in [3.05, 3.63) is 86.5 Å². The van der Waals surface area contributed by atoms with E-state index in [-0.39, 0.29) is 24.4 Å². The molecule has 4 aromatic rings. The summed E-state index contributed by atoms with van der Waals surface area (Å²) in [5.74, 6) is -0.700. The molecule has 2 aromatic carbocycles. The van der Waals surface area contributed by atoms with Crippen molar-refractivity contribution in [2.24, 2.45) is 0 Å². The molecule has 2 heterocycles. The number of para-hydroxylation sites is 1. The van der Waals surface area contributed by atoms with Gasteiger partial charge in [-0.25, -0.2) is 14.4 Å². The number of hydrogen-bond acceptors (Lipinski definition) is 7. The summed E-state index contributed by atoms with van der Waals surface area (Å²) in [6.45, 7) is 1.68. The van der Waals surface area contributed by atoms with Crippen LogP contribution in [0.25, 0.3) is 21.9 Å². The minimum absolute atomic E-state index is 0.123. The minimum atomic E-state index is -0.700. The molecule has 4 rings (SSSR count). The van der Waals surface area contributed by atoms with Crippen LogP contribution in [0.5, 0.6) is 0 Å². The maximum absolute atomic E-state index is 12.7. The number of hydrogen-bond donors (Lipinski definition) is 2. The molecule has 0 aliphatic rings. The fraction of sp³-hybridized carbons (Fsp3) is 0.130. The van der Waals surface area contributed by atoms with E-state index in [9.17, 15) is 19.2 Å².